The Balaban J connectivity index is 1.94. The van der Waals surface area contributed by atoms with Crippen LogP contribution in [-0.2, 0) is 6.42 Å². The van der Waals surface area contributed by atoms with Crippen molar-refractivity contribution in [2.24, 2.45) is 5.41 Å². The Hall–Kier alpha value is -1.05. The first kappa shape index (κ1) is 8.27. The molecule has 1 unspecified atom stereocenters. The lowest BCUT2D eigenvalue weighted by Crippen LogP contribution is -1.92. The first-order valence-electron chi connectivity index (χ1n) is 5.28. The summed E-state index contributed by atoms with van der Waals surface area (Å²) in [5, 5.41) is 0. The summed E-state index contributed by atoms with van der Waals surface area (Å²) < 4.78 is 5.39. The summed E-state index contributed by atoms with van der Waals surface area (Å²) >= 11 is 0. The molecule has 1 saturated carbocycles. The smallest absolute Gasteiger partial charge is 0.216 e. The van der Waals surface area contributed by atoms with Crippen molar-refractivity contribution in [1.29, 1.82) is 0 Å². The van der Waals surface area contributed by atoms with Gasteiger partial charge in [-0.3, -0.25) is 0 Å². The van der Waals surface area contributed by atoms with E-state index in [4.69, 9.17) is 4.74 Å². The van der Waals surface area contributed by atoms with Crippen LogP contribution in [0.15, 0.2) is 12.3 Å². The number of nitrogens with zero attached hydrogens (tertiary/aromatic N) is 1. The number of rotatable bonds is 1. The molecule has 2 heteroatoms. The summed E-state index contributed by atoms with van der Waals surface area (Å²) in [6.07, 6.45) is 4.32. The number of hydrogen-bond acceptors (Lipinski definition) is 2. The van der Waals surface area contributed by atoms with Gasteiger partial charge in [-0.1, -0.05) is 13.8 Å². The van der Waals surface area contributed by atoms with Gasteiger partial charge in [-0.25, -0.2) is 4.98 Å². The molecule has 2 nitrogen and oxygen atoms in total. The Kier molecular flexibility index (Phi) is 1.48. The molecule has 2 aliphatic rings. The van der Waals surface area contributed by atoms with Crippen molar-refractivity contribution in [2.75, 3.05) is 6.61 Å². The molecule has 2 heterocycles. The second kappa shape index (κ2) is 2.50. The van der Waals surface area contributed by atoms with Crippen molar-refractivity contribution in [1.82, 2.24) is 4.98 Å². The molecule has 0 amide bonds. The van der Waals surface area contributed by atoms with Crippen LogP contribution in [0, 0.1) is 5.41 Å². The lowest BCUT2D eigenvalue weighted by atomic mass is 10.0. The lowest BCUT2D eigenvalue weighted by Gasteiger charge is -2.04. The Labute approximate surface area is 84.3 Å². The molecule has 0 aromatic carbocycles. The van der Waals surface area contributed by atoms with Gasteiger partial charge in [0, 0.05) is 18.2 Å². The van der Waals surface area contributed by atoms with Crippen LogP contribution in [0.25, 0.3) is 0 Å². The molecular formula is C12H15NO. The van der Waals surface area contributed by atoms with Crippen LogP contribution in [0.5, 0.6) is 5.88 Å². The maximum atomic E-state index is 5.39. The first-order valence-corrected chi connectivity index (χ1v) is 5.28. The third-order valence-corrected chi connectivity index (χ3v) is 3.47. The quantitative estimate of drug-likeness (QED) is 0.677. The zero-order valence-electron chi connectivity index (χ0n) is 8.71. The molecule has 3 rings (SSSR count). The van der Waals surface area contributed by atoms with Gasteiger partial charge in [0.25, 0.3) is 0 Å². The summed E-state index contributed by atoms with van der Waals surface area (Å²) in [6.45, 7) is 5.45. The van der Waals surface area contributed by atoms with E-state index < -0.39 is 0 Å². The van der Waals surface area contributed by atoms with Crippen LogP contribution < -0.4 is 4.74 Å². The highest BCUT2D eigenvalue weighted by molar-refractivity contribution is 5.37. The van der Waals surface area contributed by atoms with Gasteiger partial charge in [-0.2, -0.15) is 0 Å². The Morgan fingerprint density at radius 2 is 2.29 bits per heavy atom. The average molecular weight is 189 g/mol. The number of pyridine rings is 1. The zero-order valence-corrected chi connectivity index (χ0v) is 8.71. The van der Waals surface area contributed by atoms with E-state index in [1.807, 2.05) is 6.20 Å². The zero-order chi connectivity index (χ0) is 9.76. The average Bonchev–Trinajstić information content (AvgIpc) is 2.63. The number of aromatic nitrogens is 1. The van der Waals surface area contributed by atoms with E-state index in [0.717, 1.165) is 24.8 Å². The fraction of sp³-hybridized carbons (Fsp3) is 0.583. The lowest BCUT2D eigenvalue weighted by molar-refractivity contribution is 0.344. The molecule has 1 fully saturated rings. The van der Waals surface area contributed by atoms with Crippen molar-refractivity contribution in [3.8, 4) is 5.88 Å². The molecular weight excluding hydrogens is 174 g/mol. The van der Waals surface area contributed by atoms with Crippen LogP contribution in [0.3, 0.4) is 0 Å². The third-order valence-electron chi connectivity index (χ3n) is 3.47. The minimum Gasteiger partial charge on any atom is -0.477 e. The molecule has 14 heavy (non-hydrogen) atoms. The van der Waals surface area contributed by atoms with Gasteiger partial charge in [0.05, 0.1) is 6.61 Å². The van der Waals surface area contributed by atoms with Crippen molar-refractivity contribution in [3.63, 3.8) is 0 Å². The normalized spacial score (nSPS) is 26.9. The Morgan fingerprint density at radius 1 is 1.50 bits per heavy atom. The van der Waals surface area contributed by atoms with Crippen molar-refractivity contribution >= 4 is 0 Å². The second-order valence-electron chi connectivity index (χ2n) is 5.08. The Bertz CT molecular complexity index is 384. The molecule has 74 valence electrons. The van der Waals surface area contributed by atoms with Gasteiger partial charge in [-0.05, 0) is 29.4 Å². The van der Waals surface area contributed by atoms with E-state index in [2.05, 4.69) is 24.9 Å². The summed E-state index contributed by atoms with van der Waals surface area (Å²) in [7, 11) is 0. The van der Waals surface area contributed by atoms with Gasteiger partial charge < -0.3 is 4.74 Å². The predicted molar refractivity (Wildman–Crippen MR) is 54.6 cm³/mol. The van der Waals surface area contributed by atoms with E-state index in [9.17, 15) is 0 Å². The molecule has 1 aliphatic heterocycles. The van der Waals surface area contributed by atoms with Crippen molar-refractivity contribution < 1.29 is 4.74 Å². The molecule has 0 spiro atoms. The van der Waals surface area contributed by atoms with Crippen molar-refractivity contribution in [2.45, 2.75) is 32.6 Å². The van der Waals surface area contributed by atoms with Gasteiger partial charge in [0.15, 0.2) is 0 Å². The summed E-state index contributed by atoms with van der Waals surface area (Å²) in [5.41, 5.74) is 3.19. The fourth-order valence-corrected chi connectivity index (χ4v) is 2.31. The van der Waals surface area contributed by atoms with Crippen molar-refractivity contribution in [3.05, 3.63) is 23.4 Å². The van der Waals surface area contributed by atoms with Gasteiger partial charge >= 0.3 is 0 Å². The minimum atomic E-state index is 0.495. The van der Waals surface area contributed by atoms with E-state index >= 15 is 0 Å². The van der Waals surface area contributed by atoms with E-state index in [-0.39, 0.29) is 0 Å². The molecule has 0 N–H and O–H groups in total. The third kappa shape index (κ3) is 1.13. The number of fused-ring (bicyclic) bond motifs is 1. The van der Waals surface area contributed by atoms with E-state index in [1.54, 1.807) is 0 Å². The van der Waals surface area contributed by atoms with E-state index in [0.29, 0.717) is 5.41 Å². The molecule has 0 bridgehead atoms. The largest absolute Gasteiger partial charge is 0.477 e. The predicted octanol–water partition coefficient (Wildman–Crippen LogP) is 2.53. The summed E-state index contributed by atoms with van der Waals surface area (Å²) in [6, 6.07) is 2.29. The van der Waals surface area contributed by atoms with Crippen LogP contribution in [0.4, 0.5) is 0 Å². The minimum absolute atomic E-state index is 0.495. The maximum absolute atomic E-state index is 5.39. The van der Waals surface area contributed by atoms with Gasteiger partial charge in [0.1, 0.15) is 0 Å². The van der Waals surface area contributed by atoms with Gasteiger partial charge in [0.2, 0.25) is 5.88 Å². The standard InChI is InChI=1S/C12H15NO/c1-12(2)6-10(12)9-5-8-3-4-14-11(8)13-7-9/h5,7,10H,3-4,6H2,1-2H3. The summed E-state index contributed by atoms with van der Waals surface area (Å²) in [4.78, 5) is 4.36. The van der Waals surface area contributed by atoms with Crippen LogP contribution in [-0.4, -0.2) is 11.6 Å². The highest BCUT2D eigenvalue weighted by atomic mass is 16.5. The topological polar surface area (TPSA) is 22.1 Å². The molecule has 0 radical (unpaired) electrons. The number of ether oxygens (including phenoxy) is 1. The van der Waals surface area contributed by atoms with Crippen LogP contribution in [0.2, 0.25) is 0 Å². The van der Waals surface area contributed by atoms with Crippen LogP contribution in [0.1, 0.15) is 37.3 Å². The second-order valence-corrected chi connectivity index (χ2v) is 5.08. The molecule has 1 aliphatic carbocycles. The highest BCUT2D eigenvalue weighted by Crippen LogP contribution is 2.58. The fourth-order valence-electron chi connectivity index (χ4n) is 2.31. The molecule has 1 aromatic heterocycles. The SMILES string of the molecule is CC1(C)CC1c1cnc2c(c1)CCO2. The highest BCUT2D eigenvalue weighted by Gasteiger charge is 2.46. The summed E-state index contributed by atoms with van der Waals surface area (Å²) in [5.74, 6) is 1.58. The van der Waals surface area contributed by atoms with E-state index in [1.165, 1.54) is 17.5 Å². The maximum Gasteiger partial charge on any atom is 0.216 e. The molecule has 0 saturated heterocycles. The van der Waals surface area contributed by atoms with Crippen LogP contribution >= 0.6 is 0 Å². The molecule has 1 atom stereocenters. The monoisotopic (exact) mass is 189 g/mol. The van der Waals surface area contributed by atoms with Gasteiger partial charge in [-0.15, -0.1) is 0 Å². The molecule has 1 aromatic rings. The number of hydrogen-bond donors (Lipinski definition) is 0. The Morgan fingerprint density at radius 3 is 3.00 bits per heavy atom. The first-order chi connectivity index (χ1) is 6.67.